The number of hydrogen-bond acceptors (Lipinski definition) is 7. The number of Topliss-reactive ketones (excluding diaryl/α,β-unsaturated/α-hetero) is 1. The molecule has 0 fully saturated rings. The number of nitrogens with zero attached hydrogens (tertiary/aromatic N) is 6. The van der Waals surface area contributed by atoms with Crippen LogP contribution < -0.4 is 0 Å². The summed E-state index contributed by atoms with van der Waals surface area (Å²) in [5.74, 6) is 1.63. The van der Waals surface area contributed by atoms with Crippen LogP contribution in [0.15, 0.2) is 46.1 Å². The second kappa shape index (κ2) is 7.67. The lowest BCUT2D eigenvalue weighted by molar-refractivity contribution is 0.102. The first kappa shape index (κ1) is 19.1. The van der Waals surface area contributed by atoms with Crippen molar-refractivity contribution >= 4 is 17.5 Å². The molecule has 0 unspecified atom stereocenters. The largest absolute Gasteiger partial charge is 0.360 e. The van der Waals surface area contributed by atoms with Gasteiger partial charge in [0.2, 0.25) is 5.16 Å². The van der Waals surface area contributed by atoms with Crippen molar-refractivity contribution < 1.29 is 9.32 Å². The van der Waals surface area contributed by atoms with Gasteiger partial charge in [0, 0.05) is 23.0 Å². The molecule has 148 valence electrons. The number of aryl methyl sites for hydroxylation is 3. The van der Waals surface area contributed by atoms with Gasteiger partial charge in [0.15, 0.2) is 11.6 Å². The minimum absolute atomic E-state index is 0.00824. The zero-order valence-electron chi connectivity index (χ0n) is 16.6. The Morgan fingerprint density at radius 2 is 1.93 bits per heavy atom. The summed E-state index contributed by atoms with van der Waals surface area (Å²) in [4.78, 5) is 12.9. The van der Waals surface area contributed by atoms with E-state index in [1.165, 1.54) is 11.8 Å². The van der Waals surface area contributed by atoms with E-state index >= 15 is 0 Å². The van der Waals surface area contributed by atoms with Crippen LogP contribution in [-0.4, -0.2) is 41.5 Å². The molecule has 9 heteroatoms. The Labute approximate surface area is 171 Å². The van der Waals surface area contributed by atoms with Crippen molar-refractivity contribution in [2.75, 3.05) is 5.75 Å². The van der Waals surface area contributed by atoms with Crippen LogP contribution in [0, 0.1) is 27.7 Å². The van der Waals surface area contributed by atoms with Crippen LogP contribution in [-0.2, 0) is 0 Å². The summed E-state index contributed by atoms with van der Waals surface area (Å²) in [6.45, 7) is 7.69. The molecule has 0 amide bonds. The topological polar surface area (TPSA) is 91.6 Å². The van der Waals surface area contributed by atoms with E-state index in [-0.39, 0.29) is 11.5 Å². The molecule has 0 aliphatic rings. The summed E-state index contributed by atoms with van der Waals surface area (Å²) in [5.41, 5.74) is 4.37. The SMILES string of the molecule is Cc1cc(-n2c(C)cc(C(=O)CSc3nnnn3-c3ccccc3C)c2C)no1. The zero-order chi connectivity index (χ0) is 20.5. The highest BCUT2D eigenvalue weighted by atomic mass is 32.2. The molecule has 29 heavy (non-hydrogen) atoms. The molecule has 4 aromatic rings. The molecule has 0 aliphatic carbocycles. The molecule has 3 heterocycles. The number of aromatic nitrogens is 6. The maximum absolute atomic E-state index is 12.9. The Bertz CT molecular complexity index is 1190. The fourth-order valence-corrected chi connectivity index (χ4v) is 4.05. The molecular formula is C20H20N6O2S. The van der Waals surface area contributed by atoms with Gasteiger partial charge in [-0.25, -0.2) is 0 Å². The molecule has 0 spiro atoms. The second-order valence-electron chi connectivity index (χ2n) is 6.79. The van der Waals surface area contributed by atoms with E-state index in [1.807, 2.05) is 68.7 Å². The lowest BCUT2D eigenvalue weighted by atomic mass is 10.2. The van der Waals surface area contributed by atoms with Gasteiger partial charge in [0.05, 0.1) is 11.4 Å². The molecule has 0 bridgehead atoms. The predicted octanol–water partition coefficient (Wildman–Crippen LogP) is 3.65. The van der Waals surface area contributed by atoms with Crippen molar-refractivity contribution in [3.05, 3.63) is 64.7 Å². The average Bonchev–Trinajstić information content (AvgIpc) is 3.39. The minimum Gasteiger partial charge on any atom is -0.360 e. The van der Waals surface area contributed by atoms with E-state index in [2.05, 4.69) is 20.7 Å². The Kier molecular flexibility index (Phi) is 5.06. The maximum Gasteiger partial charge on any atom is 0.214 e. The zero-order valence-corrected chi connectivity index (χ0v) is 17.4. The first-order valence-corrected chi connectivity index (χ1v) is 10.1. The molecule has 0 radical (unpaired) electrons. The van der Waals surface area contributed by atoms with Crippen molar-refractivity contribution in [3.63, 3.8) is 0 Å². The summed E-state index contributed by atoms with van der Waals surface area (Å²) in [5, 5.41) is 16.6. The van der Waals surface area contributed by atoms with E-state index in [1.54, 1.807) is 4.68 Å². The molecule has 0 atom stereocenters. The number of benzene rings is 1. The molecule has 1 aromatic carbocycles. The van der Waals surface area contributed by atoms with Crippen LogP contribution in [0.5, 0.6) is 0 Å². The van der Waals surface area contributed by atoms with Crippen LogP contribution in [0.2, 0.25) is 0 Å². The third kappa shape index (κ3) is 3.61. The second-order valence-corrected chi connectivity index (χ2v) is 7.73. The van der Waals surface area contributed by atoms with Gasteiger partial charge >= 0.3 is 0 Å². The molecule has 8 nitrogen and oxygen atoms in total. The number of hydrogen-bond donors (Lipinski definition) is 0. The standard InChI is InChI=1S/C20H20N6O2S/c1-12-7-5-6-8-17(12)26-20(21-23-24-26)29-11-18(27)16-9-13(2)25(15(16)4)19-10-14(3)28-22-19/h5-10H,11H2,1-4H3. The van der Waals surface area contributed by atoms with Crippen molar-refractivity contribution in [1.82, 2.24) is 29.9 Å². The number of ketones is 1. The van der Waals surface area contributed by atoms with Crippen molar-refractivity contribution in [1.29, 1.82) is 0 Å². The predicted molar refractivity (Wildman–Crippen MR) is 109 cm³/mol. The number of thioether (sulfide) groups is 1. The number of para-hydroxylation sites is 1. The quantitative estimate of drug-likeness (QED) is 0.355. The number of rotatable bonds is 6. The number of carbonyl (C=O) groups excluding carboxylic acids is 1. The lowest BCUT2D eigenvalue weighted by Crippen LogP contribution is -2.07. The Hall–Kier alpha value is -3.20. The summed E-state index contributed by atoms with van der Waals surface area (Å²) >= 11 is 1.32. The average molecular weight is 408 g/mol. The third-order valence-corrected chi connectivity index (χ3v) is 5.61. The van der Waals surface area contributed by atoms with Crippen molar-refractivity contribution in [2.24, 2.45) is 0 Å². The van der Waals surface area contributed by atoms with E-state index < -0.39 is 0 Å². The van der Waals surface area contributed by atoms with Crippen LogP contribution in [0.1, 0.15) is 33.1 Å². The molecule has 4 rings (SSSR count). The fraction of sp³-hybridized carbons (Fsp3) is 0.250. The molecule has 3 aromatic heterocycles. The summed E-state index contributed by atoms with van der Waals surface area (Å²) in [6.07, 6.45) is 0. The van der Waals surface area contributed by atoms with E-state index in [4.69, 9.17) is 4.52 Å². The van der Waals surface area contributed by atoms with Gasteiger partial charge in [-0.3, -0.25) is 9.36 Å². The Morgan fingerprint density at radius 1 is 1.14 bits per heavy atom. The number of carbonyl (C=O) groups is 1. The molecule has 0 aliphatic heterocycles. The first-order chi connectivity index (χ1) is 14.0. The van der Waals surface area contributed by atoms with Crippen molar-refractivity contribution in [2.45, 2.75) is 32.9 Å². The van der Waals surface area contributed by atoms with Gasteiger partial charge in [0.25, 0.3) is 0 Å². The molecule has 0 N–H and O–H groups in total. The van der Waals surface area contributed by atoms with Crippen LogP contribution in [0.3, 0.4) is 0 Å². The maximum atomic E-state index is 12.9. The smallest absolute Gasteiger partial charge is 0.214 e. The van der Waals surface area contributed by atoms with Gasteiger partial charge in [-0.1, -0.05) is 35.1 Å². The highest BCUT2D eigenvalue weighted by Gasteiger charge is 2.20. The van der Waals surface area contributed by atoms with E-state index in [0.717, 1.165) is 28.4 Å². The van der Waals surface area contributed by atoms with E-state index in [0.29, 0.717) is 16.5 Å². The lowest BCUT2D eigenvalue weighted by Gasteiger charge is -2.07. The van der Waals surface area contributed by atoms with Gasteiger partial charge in [-0.05, 0) is 55.8 Å². The Morgan fingerprint density at radius 3 is 2.66 bits per heavy atom. The van der Waals surface area contributed by atoms with Gasteiger partial charge in [-0.2, -0.15) is 4.68 Å². The normalized spacial score (nSPS) is 11.2. The van der Waals surface area contributed by atoms with Crippen LogP contribution in [0.25, 0.3) is 11.5 Å². The summed E-state index contributed by atoms with van der Waals surface area (Å²) in [7, 11) is 0. The summed E-state index contributed by atoms with van der Waals surface area (Å²) in [6, 6.07) is 11.6. The van der Waals surface area contributed by atoms with Crippen molar-refractivity contribution in [3.8, 4) is 11.5 Å². The van der Waals surface area contributed by atoms with E-state index in [9.17, 15) is 4.79 Å². The van der Waals surface area contributed by atoms with Crippen LogP contribution in [0.4, 0.5) is 0 Å². The number of tetrazole rings is 1. The van der Waals surface area contributed by atoms with Gasteiger partial charge < -0.3 is 4.52 Å². The first-order valence-electron chi connectivity index (χ1n) is 9.08. The molecular weight excluding hydrogens is 388 g/mol. The summed E-state index contributed by atoms with van der Waals surface area (Å²) < 4.78 is 8.76. The Balaban J connectivity index is 1.55. The van der Waals surface area contributed by atoms with Crippen LogP contribution >= 0.6 is 11.8 Å². The van der Waals surface area contributed by atoms with Gasteiger partial charge in [-0.15, -0.1) is 5.10 Å². The van der Waals surface area contributed by atoms with Gasteiger partial charge in [0.1, 0.15) is 5.76 Å². The fourth-order valence-electron chi connectivity index (χ4n) is 3.29. The third-order valence-electron chi connectivity index (χ3n) is 4.69. The monoisotopic (exact) mass is 408 g/mol. The molecule has 0 saturated carbocycles. The molecule has 0 saturated heterocycles. The highest BCUT2D eigenvalue weighted by Crippen LogP contribution is 2.25. The highest BCUT2D eigenvalue weighted by molar-refractivity contribution is 7.99. The minimum atomic E-state index is 0.00824.